The quantitative estimate of drug-likeness (QED) is 0.440. The number of carbonyl (C=O) groups excluding carboxylic acids is 1. The van der Waals surface area contributed by atoms with Crippen LogP contribution in [0.4, 0.5) is 0 Å². The SMILES string of the molecule is COC(=O)Cc1cn([C@@H]2O[C@H](COP(=O)(Cl)Cl)[C@H](O)C2OC)c(=O)[nH]c1=O. The van der Waals surface area contributed by atoms with Gasteiger partial charge in [-0.05, 0) is 22.5 Å². The highest BCUT2D eigenvalue weighted by Crippen LogP contribution is 2.57. The molecule has 11 nitrogen and oxygen atoms in total. The Labute approximate surface area is 162 Å². The molecule has 1 aliphatic rings. The number of aliphatic hydroxyl groups excluding tert-OH is 1. The molecule has 1 saturated heterocycles. The molecule has 1 aliphatic heterocycles. The molecule has 4 atom stereocenters. The molecule has 2 heterocycles. The molecular formula is C13H17Cl2N2O9P. The van der Waals surface area contributed by atoms with Crippen LogP contribution in [0.15, 0.2) is 15.8 Å². The summed E-state index contributed by atoms with van der Waals surface area (Å²) in [4.78, 5) is 37.5. The Morgan fingerprint density at radius 1 is 1.41 bits per heavy atom. The third-order valence-corrected chi connectivity index (χ3v) is 4.89. The number of H-pyrrole nitrogens is 1. The predicted octanol–water partition coefficient (Wildman–Crippen LogP) is 0.128. The lowest BCUT2D eigenvalue weighted by Crippen LogP contribution is -2.40. The molecule has 14 heteroatoms. The fourth-order valence-corrected chi connectivity index (χ4v) is 3.22. The van der Waals surface area contributed by atoms with Crippen molar-refractivity contribution in [3.8, 4) is 0 Å². The number of methoxy groups -OCH3 is 2. The average molecular weight is 447 g/mol. The van der Waals surface area contributed by atoms with Gasteiger partial charge in [0.2, 0.25) is 0 Å². The second kappa shape index (κ2) is 8.87. The van der Waals surface area contributed by atoms with Crippen LogP contribution in [0.2, 0.25) is 0 Å². The topological polar surface area (TPSA) is 146 Å². The molecule has 0 aromatic carbocycles. The zero-order valence-corrected chi connectivity index (χ0v) is 16.6. The number of nitrogens with zero attached hydrogens (tertiary/aromatic N) is 1. The monoisotopic (exact) mass is 446 g/mol. The van der Waals surface area contributed by atoms with Gasteiger partial charge in [0.25, 0.3) is 5.56 Å². The minimum absolute atomic E-state index is 0.0555. The van der Waals surface area contributed by atoms with Crippen molar-refractivity contribution in [1.29, 1.82) is 0 Å². The molecule has 27 heavy (non-hydrogen) atoms. The summed E-state index contributed by atoms with van der Waals surface area (Å²) in [6.07, 6.45) is -7.72. The Morgan fingerprint density at radius 2 is 2.07 bits per heavy atom. The molecule has 0 spiro atoms. The van der Waals surface area contributed by atoms with Gasteiger partial charge in [-0.3, -0.25) is 23.7 Å². The maximum absolute atomic E-state index is 12.2. The van der Waals surface area contributed by atoms with Crippen LogP contribution in [0.1, 0.15) is 11.8 Å². The second-order valence-corrected chi connectivity index (χ2v) is 9.82. The van der Waals surface area contributed by atoms with Crippen LogP contribution in [-0.4, -0.2) is 59.8 Å². The Morgan fingerprint density at radius 3 is 2.63 bits per heavy atom. The first-order valence-electron chi connectivity index (χ1n) is 7.48. The summed E-state index contributed by atoms with van der Waals surface area (Å²) in [6.45, 7) is -0.436. The van der Waals surface area contributed by atoms with E-state index < -0.39 is 54.4 Å². The van der Waals surface area contributed by atoms with Crippen molar-refractivity contribution >= 4 is 34.5 Å². The number of esters is 1. The number of aromatic amines is 1. The van der Waals surface area contributed by atoms with Crippen molar-refractivity contribution in [2.24, 2.45) is 0 Å². The minimum Gasteiger partial charge on any atom is -0.469 e. The van der Waals surface area contributed by atoms with Crippen molar-refractivity contribution in [2.45, 2.75) is 31.0 Å². The third kappa shape index (κ3) is 5.41. The van der Waals surface area contributed by atoms with E-state index in [9.17, 15) is 24.1 Å². The molecule has 1 aromatic rings. The van der Waals surface area contributed by atoms with E-state index in [0.717, 1.165) is 17.9 Å². The van der Waals surface area contributed by atoms with E-state index in [2.05, 4.69) is 9.72 Å². The molecular weight excluding hydrogens is 430 g/mol. The van der Waals surface area contributed by atoms with E-state index in [0.29, 0.717) is 0 Å². The maximum atomic E-state index is 12.2. The van der Waals surface area contributed by atoms with Gasteiger partial charge in [-0.2, -0.15) is 0 Å². The number of carbonyl (C=O) groups is 1. The van der Waals surface area contributed by atoms with Gasteiger partial charge in [0.05, 0.1) is 20.1 Å². The maximum Gasteiger partial charge on any atom is 0.380 e. The van der Waals surface area contributed by atoms with Crippen LogP contribution >= 0.6 is 28.6 Å². The molecule has 2 rings (SSSR count). The van der Waals surface area contributed by atoms with E-state index in [1.165, 1.54) is 7.11 Å². The fourth-order valence-electron chi connectivity index (χ4n) is 2.56. The van der Waals surface area contributed by atoms with Gasteiger partial charge in [0.1, 0.15) is 18.3 Å². The number of halogens is 2. The van der Waals surface area contributed by atoms with Crippen LogP contribution < -0.4 is 11.2 Å². The highest BCUT2D eigenvalue weighted by Gasteiger charge is 2.46. The van der Waals surface area contributed by atoms with Gasteiger partial charge in [-0.15, -0.1) is 0 Å². The number of aliphatic hydroxyl groups is 1. The number of aromatic nitrogens is 2. The van der Waals surface area contributed by atoms with E-state index in [4.69, 9.17) is 36.5 Å². The van der Waals surface area contributed by atoms with E-state index in [1.54, 1.807) is 0 Å². The molecule has 2 N–H and O–H groups in total. The fraction of sp³-hybridized carbons (Fsp3) is 0.615. The number of rotatable bonds is 7. The zero-order chi connectivity index (χ0) is 20.4. The Hall–Kier alpha value is -1.20. The lowest BCUT2D eigenvalue weighted by molar-refractivity contribution is -0.139. The molecule has 1 unspecified atom stereocenters. The van der Waals surface area contributed by atoms with Crippen LogP contribution in [0.5, 0.6) is 0 Å². The van der Waals surface area contributed by atoms with E-state index in [-0.39, 0.29) is 12.0 Å². The first kappa shape index (κ1) is 22.1. The minimum atomic E-state index is -3.86. The zero-order valence-electron chi connectivity index (χ0n) is 14.2. The summed E-state index contributed by atoms with van der Waals surface area (Å²) >= 11 is 10.6. The van der Waals surface area contributed by atoms with Crippen molar-refractivity contribution in [2.75, 3.05) is 20.8 Å². The molecule has 152 valence electrons. The smallest absolute Gasteiger partial charge is 0.380 e. The van der Waals surface area contributed by atoms with Crippen LogP contribution in [0.3, 0.4) is 0 Å². The Kier molecular flexibility index (Phi) is 7.26. The molecule has 0 bridgehead atoms. The van der Waals surface area contributed by atoms with E-state index in [1.807, 2.05) is 0 Å². The van der Waals surface area contributed by atoms with Gasteiger partial charge in [0.15, 0.2) is 6.23 Å². The Bertz CT molecular complexity index is 851. The normalized spacial score (nSPS) is 25.5. The number of hydrogen-bond donors (Lipinski definition) is 2. The van der Waals surface area contributed by atoms with Crippen molar-refractivity contribution < 1.29 is 33.2 Å². The standard InChI is InChI=1S/C13H17Cl2N2O9P/c1-23-8(18)3-6-4-17(13(21)16-11(6)20)12-10(24-2)9(19)7(26-12)5-25-27(14,15)22/h4,7,9-10,12,19H,3,5H2,1-2H3,(H,16,20,21)/t7-,9+,10?,12-/m1/s1. The third-order valence-electron chi connectivity index (χ3n) is 3.85. The largest absolute Gasteiger partial charge is 0.469 e. The van der Waals surface area contributed by atoms with Crippen molar-refractivity contribution in [3.63, 3.8) is 0 Å². The van der Waals surface area contributed by atoms with Gasteiger partial charge < -0.3 is 23.8 Å². The van der Waals surface area contributed by atoms with Gasteiger partial charge in [-0.25, -0.2) is 4.79 Å². The number of nitrogens with one attached hydrogen (secondary N) is 1. The molecule has 0 amide bonds. The first-order valence-corrected chi connectivity index (χ1v) is 10.9. The summed E-state index contributed by atoms with van der Waals surface area (Å²) in [5, 5.41) is 10.3. The highest BCUT2D eigenvalue weighted by atomic mass is 35.9. The summed E-state index contributed by atoms with van der Waals surface area (Å²) in [7, 11) is 2.43. The molecule has 1 fully saturated rings. The van der Waals surface area contributed by atoms with E-state index >= 15 is 0 Å². The second-order valence-electron chi connectivity index (χ2n) is 5.54. The number of hydrogen-bond acceptors (Lipinski definition) is 9. The average Bonchev–Trinajstić information content (AvgIpc) is 2.90. The summed E-state index contributed by atoms with van der Waals surface area (Å²) in [5.41, 5.74) is -1.67. The first-order chi connectivity index (χ1) is 12.6. The molecule has 1 aromatic heterocycles. The molecule has 0 aliphatic carbocycles. The predicted molar refractivity (Wildman–Crippen MR) is 93.0 cm³/mol. The van der Waals surface area contributed by atoms with Gasteiger partial charge in [0, 0.05) is 18.9 Å². The van der Waals surface area contributed by atoms with Crippen LogP contribution in [-0.2, 0) is 34.5 Å². The lowest BCUT2D eigenvalue weighted by atomic mass is 10.1. The highest BCUT2D eigenvalue weighted by molar-refractivity contribution is 8.05. The summed E-state index contributed by atoms with van der Waals surface area (Å²) < 4.78 is 32.2. The number of ether oxygens (including phenoxy) is 3. The summed E-state index contributed by atoms with van der Waals surface area (Å²) in [5.74, 6) is -0.687. The summed E-state index contributed by atoms with van der Waals surface area (Å²) in [6, 6.07) is 0. The van der Waals surface area contributed by atoms with Crippen LogP contribution in [0.25, 0.3) is 0 Å². The van der Waals surface area contributed by atoms with Gasteiger partial charge >= 0.3 is 17.7 Å². The lowest BCUT2D eigenvalue weighted by Gasteiger charge is -2.20. The molecule has 0 saturated carbocycles. The van der Waals surface area contributed by atoms with Crippen molar-refractivity contribution in [1.82, 2.24) is 9.55 Å². The van der Waals surface area contributed by atoms with Gasteiger partial charge in [-0.1, -0.05) is 0 Å². The Balaban J connectivity index is 2.33. The van der Waals surface area contributed by atoms with Crippen LogP contribution in [0, 0.1) is 0 Å². The van der Waals surface area contributed by atoms with Crippen molar-refractivity contribution in [3.05, 3.63) is 32.6 Å². The molecule has 0 radical (unpaired) electrons.